The van der Waals surface area contributed by atoms with Crippen molar-refractivity contribution < 1.29 is 0 Å². The minimum Gasteiger partial charge on any atom is -0.330 e. The third kappa shape index (κ3) is 3.07. The van der Waals surface area contributed by atoms with Crippen molar-refractivity contribution in [3.63, 3.8) is 0 Å². The van der Waals surface area contributed by atoms with E-state index in [0.29, 0.717) is 12.5 Å². The van der Waals surface area contributed by atoms with Crippen LogP contribution in [-0.2, 0) is 6.42 Å². The highest BCUT2D eigenvalue weighted by Gasteiger charge is 2.05. The molecule has 0 saturated heterocycles. The Morgan fingerprint density at radius 3 is 2.65 bits per heavy atom. The average Bonchev–Trinajstić information content (AvgIpc) is 2.40. The molecule has 2 rings (SSSR count). The Morgan fingerprint density at radius 1 is 1.18 bits per heavy atom. The number of hydrogen-bond acceptors (Lipinski definition) is 4. The first-order valence-corrected chi connectivity index (χ1v) is 5.72. The van der Waals surface area contributed by atoms with Crippen LogP contribution in [-0.4, -0.2) is 21.5 Å². The van der Waals surface area contributed by atoms with E-state index < -0.39 is 0 Å². The maximum atomic E-state index is 5.61. The van der Waals surface area contributed by atoms with Crippen LogP contribution in [0.3, 0.4) is 0 Å². The van der Waals surface area contributed by atoms with E-state index in [1.165, 1.54) is 0 Å². The Balaban J connectivity index is 2.23. The van der Waals surface area contributed by atoms with Crippen LogP contribution in [0.4, 0.5) is 0 Å². The van der Waals surface area contributed by atoms with Gasteiger partial charge in [0.2, 0.25) is 0 Å². The number of aromatic nitrogens is 3. The van der Waals surface area contributed by atoms with E-state index in [1.807, 2.05) is 18.2 Å². The molecule has 0 fully saturated rings. The number of nitrogens with zero attached hydrogens (tertiary/aromatic N) is 3. The molecule has 2 N–H and O–H groups in total. The smallest absolute Gasteiger partial charge is 0.129 e. The molecule has 0 saturated carbocycles. The lowest BCUT2D eigenvalue weighted by Gasteiger charge is -2.07. The lowest BCUT2D eigenvalue weighted by Crippen LogP contribution is -2.14. The average molecular weight is 228 g/mol. The second-order valence-electron chi connectivity index (χ2n) is 4.14. The van der Waals surface area contributed by atoms with Crippen molar-refractivity contribution in [3.8, 4) is 11.3 Å². The number of nitrogens with two attached hydrogens (primary N) is 1. The highest BCUT2D eigenvalue weighted by Crippen LogP contribution is 2.15. The van der Waals surface area contributed by atoms with Crippen LogP contribution in [0.2, 0.25) is 0 Å². The molecule has 1 atom stereocenters. The summed E-state index contributed by atoms with van der Waals surface area (Å²) in [6.45, 7) is 2.76. The van der Waals surface area contributed by atoms with Gasteiger partial charge in [-0.15, -0.1) is 0 Å². The van der Waals surface area contributed by atoms with E-state index in [2.05, 4.69) is 21.9 Å². The highest BCUT2D eigenvalue weighted by atomic mass is 14.9. The fourth-order valence-electron chi connectivity index (χ4n) is 1.58. The molecule has 2 heterocycles. The molecule has 2 aromatic heterocycles. The van der Waals surface area contributed by atoms with E-state index in [-0.39, 0.29) is 0 Å². The molecule has 88 valence electrons. The summed E-state index contributed by atoms with van der Waals surface area (Å²) in [4.78, 5) is 12.8. The zero-order valence-electron chi connectivity index (χ0n) is 9.87. The van der Waals surface area contributed by atoms with Crippen molar-refractivity contribution in [1.29, 1.82) is 0 Å². The normalized spacial score (nSPS) is 12.4. The Bertz CT molecular complexity index is 470. The Hall–Kier alpha value is -1.81. The van der Waals surface area contributed by atoms with Crippen LogP contribution in [0.15, 0.2) is 36.8 Å². The van der Waals surface area contributed by atoms with Crippen LogP contribution in [0.5, 0.6) is 0 Å². The van der Waals surface area contributed by atoms with Crippen molar-refractivity contribution in [2.24, 2.45) is 11.7 Å². The van der Waals surface area contributed by atoms with Gasteiger partial charge in [-0.2, -0.15) is 0 Å². The second-order valence-corrected chi connectivity index (χ2v) is 4.14. The van der Waals surface area contributed by atoms with Crippen molar-refractivity contribution in [3.05, 3.63) is 42.6 Å². The van der Waals surface area contributed by atoms with Gasteiger partial charge in [-0.3, -0.25) is 4.98 Å². The lowest BCUT2D eigenvalue weighted by molar-refractivity contribution is 0.574. The molecule has 0 spiro atoms. The topological polar surface area (TPSA) is 64.7 Å². The summed E-state index contributed by atoms with van der Waals surface area (Å²) in [6.07, 6.45) is 6.13. The van der Waals surface area contributed by atoms with Crippen LogP contribution >= 0.6 is 0 Å². The zero-order valence-corrected chi connectivity index (χ0v) is 9.87. The van der Waals surface area contributed by atoms with Gasteiger partial charge >= 0.3 is 0 Å². The van der Waals surface area contributed by atoms with Crippen LogP contribution in [0.1, 0.15) is 12.7 Å². The maximum absolute atomic E-state index is 5.61. The van der Waals surface area contributed by atoms with Gasteiger partial charge in [0.15, 0.2) is 0 Å². The van der Waals surface area contributed by atoms with Crippen molar-refractivity contribution in [2.45, 2.75) is 13.3 Å². The molecular weight excluding hydrogens is 212 g/mol. The van der Waals surface area contributed by atoms with E-state index in [4.69, 9.17) is 5.73 Å². The molecule has 0 aliphatic rings. The predicted molar refractivity (Wildman–Crippen MR) is 67.2 cm³/mol. The van der Waals surface area contributed by atoms with E-state index in [1.54, 1.807) is 18.6 Å². The summed E-state index contributed by atoms with van der Waals surface area (Å²) < 4.78 is 0. The van der Waals surface area contributed by atoms with Crippen molar-refractivity contribution in [2.75, 3.05) is 6.54 Å². The summed E-state index contributed by atoms with van der Waals surface area (Å²) in [5.41, 5.74) is 7.60. The van der Waals surface area contributed by atoms with Gasteiger partial charge in [0.05, 0.1) is 5.69 Å². The van der Waals surface area contributed by atoms with E-state index >= 15 is 0 Å². The molecule has 0 amide bonds. The molecular formula is C13H16N4. The molecule has 0 radical (unpaired) electrons. The van der Waals surface area contributed by atoms with Gasteiger partial charge in [0, 0.05) is 30.6 Å². The molecule has 2 aromatic rings. The first-order chi connectivity index (χ1) is 8.29. The standard InChI is InChI=1S/C13H16N4/c1-10(9-14)8-13-16-7-4-12(17-13)11-2-5-15-6-3-11/h2-7,10H,8-9,14H2,1H3. The Morgan fingerprint density at radius 2 is 1.94 bits per heavy atom. The van der Waals surface area contributed by atoms with E-state index in [9.17, 15) is 0 Å². The van der Waals surface area contributed by atoms with Crippen LogP contribution in [0.25, 0.3) is 11.3 Å². The van der Waals surface area contributed by atoms with Crippen molar-refractivity contribution in [1.82, 2.24) is 15.0 Å². The largest absolute Gasteiger partial charge is 0.330 e. The predicted octanol–water partition coefficient (Wildman–Crippen LogP) is 1.68. The fraction of sp³-hybridized carbons (Fsp3) is 0.308. The van der Waals surface area contributed by atoms with Crippen LogP contribution in [0, 0.1) is 5.92 Å². The molecule has 4 heteroatoms. The molecule has 17 heavy (non-hydrogen) atoms. The monoisotopic (exact) mass is 228 g/mol. The summed E-state index contributed by atoms with van der Waals surface area (Å²) in [7, 11) is 0. The summed E-state index contributed by atoms with van der Waals surface area (Å²) >= 11 is 0. The van der Waals surface area contributed by atoms with Gasteiger partial charge in [-0.05, 0) is 30.7 Å². The summed E-state index contributed by atoms with van der Waals surface area (Å²) in [5, 5.41) is 0. The molecule has 0 aromatic carbocycles. The van der Waals surface area contributed by atoms with Crippen LogP contribution < -0.4 is 5.73 Å². The number of pyridine rings is 1. The lowest BCUT2D eigenvalue weighted by atomic mass is 10.1. The zero-order chi connectivity index (χ0) is 12.1. The van der Waals surface area contributed by atoms with Crippen molar-refractivity contribution >= 4 is 0 Å². The van der Waals surface area contributed by atoms with E-state index in [0.717, 1.165) is 23.5 Å². The summed E-state index contributed by atoms with van der Waals surface area (Å²) in [5.74, 6) is 1.25. The quantitative estimate of drug-likeness (QED) is 0.864. The Kier molecular flexibility index (Phi) is 3.77. The molecule has 4 nitrogen and oxygen atoms in total. The Labute approximate surface area is 101 Å². The molecule has 0 aliphatic heterocycles. The highest BCUT2D eigenvalue weighted by molar-refractivity contribution is 5.57. The minimum absolute atomic E-state index is 0.405. The molecule has 1 unspecified atom stereocenters. The maximum Gasteiger partial charge on any atom is 0.129 e. The van der Waals surface area contributed by atoms with Gasteiger partial charge in [0.1, 0.15) is 5.82 Å². The second kappa shape index (κ2) is 5.50. The fourth-order valence-corrected chi connectivity index (χ4v) is 1.58. The summed E-state index contributed by atoms with van der Waals surface area (Å²) in [6, 6.07) is 5.79. The van der Waals surface area contributed by atoms with Gasteiger partial charge in [-0.1, -0.05) is 6.92 Å². The third-order valence-electron chi connectivity index (χ3n) is 2.61. The number of rotatable bonds is 4. The number of hydrogen-bond donors (Lipinski definition) is 1. The van der Waals surface area contributed by atoms with Gasteiger partial charge in [-0.25, -0.2) is 9.97 Å². The third-order valence-corrected chi connectivity index (χ3v) is 2.61. The molecule has 0 bridgehead atoms. The van der Waals surface area contributed by atoms with Gasteiger partial charge < -0.3 is 5.73 Å². The SMILES string of the molecule is CC(CN)Cc1nccc(-c2ccncc2)n1. The molecule has 0 aliphatic carbocycles. The minimum atomic E-state index is 0.405. The van der Waals surface area contributed by atoms with Gasteiger partial charge in [0.25, 0.3) is 0 Å². The first kappa shape index (κ1) is 11.7. The first-order valence-electron chi connectivity index (χ1n) is 5.72.